The molecule has 0 saturated heterocycles. The number of amides is 1. The number of rotatable bonds is 21. The molecule has 0 saturated carbocycles. The second-order valence-corrected chi connectivity index (χ2v) is 11.4. The normalized spacial score (nSPS) is 12.8. The van der Waals surface area contributed by atoms with Crippen molar-refractivity contribution in [2.24, 2.45) is 0 Å². The molecule has 6 nitrogen and oxygen atoms in total. The van der Waals surface area contributed by atoms with Gasteiger partial charge in [0.2, 0.25) is 5.91 Å². The van der Waals surface area contributed by atoms with Crippen LogP contribution in [0.3, 0.4) is 0 Å². The summed E-state index contributed by atoms with van der Waals surface area (Å²) in [6.45, 7) is 2.01. The van der Waals surface area contributed by atoms with Crippen molar-refractivity contribution >= 4 is 29.7 Å². The smallest absolute Gasteiger partial charge is 0.351 e. The van der Waals surface area contributed by atoms with Gasteiger partial charge in [0.05, 0.1) is 12.6 Å². The number of halogens is 1. The Morgan fingerprint density at radius 3 is 2.06 bits per heavy atom. The van der Waals surface area contributed by atoms with Crippen LogP contribution in [0.1, 0.15) is 102 Å². The number of phosphoric acid groups is 1. The van der Waals surface area contributed by atoms with Gasteiger partial charge in [-0.05, 0) is 56.2 Å². The summed E-state index contributed by atoms with van der Waals surface area (Å²) in [4.78, 5) is 30.4. The molecule has 35 heavy (non-hydrogen) atoms. The molecule has 1 amide bonds. The lowest BCUT2D eigenvalue weighted by atomic mass is 10.1. The highest BCUT2D eigenvalue weighted by Crippen LogP contribution is 2.35. The number of unbranched alkanes of at least 4 members (excludes halogenated alkanes) is 11. The first kappa shape index (κ1) is 32.0. The number of nitrogens with one attached hydrogen (secondary N) is 1. The van der Waals surface area contributed by atoms with Crippen molar-refractivity contribution in [1.29, 1.82) is 0 Å². The van der Waals surface area contributed by atoms with Crippen molar-refractivity contribution in [1.82, 2.24) is 5.32 Å². The van der Waals surface area contributed by atoms with Crippen molar-refractivity contribution in [2.75, 3.05) is 6.61 Å². The summed E-state index contributed by atoms with van der Waals surface area (Å²) in [6.07, 6.45) is 21.2. The Morgan fingerprint density at radius 1 is 0.943 bits per heavy atom. The Bertz CT molecular complexity index is 750. The predicted octanol–water partition coefficient (Wildman–Crippen LogP) is 7.62. The maximum absolute atomic E-state index is 12.4. The molecule has 1 aromatic carbocycles. The minimum atomic E-state index is -4.59. The van der Waals surface area contributed by atoms with Crippen molar-refractivity contribution in [3.63, 3.8) is 0 Å². The minimum Gasteiger partial charge on any atom is -0.351 e. The van der Waals surface area contributed by atoms with E-state index < -0.39 is 13.9 Å². The molecule has 0 heterocycles. The topological polar surface area (TPSA) is 95.9 Å². The fraction of sp³-hybridized carbons (Fsp3) is 0.667. The van der Waals surface area contributed by atoms with Crippen LogP contribution in [0.5, 0.6) is 0 Å². The molecule has 0 aliphatic heterocycles. The number of benzene rings is 1. The van der Waals surface area contributed by atoms with E-state index in [0.717, 1.165) is 35.7 Å². The summed E-state index contributed by atoms with van der Waals surface area (Å²) < 4.78 is 16.7. The van der Waals surface area contributed by atoms with Gasteiger partial charge in [-0.2, -0.15) is 0 Å². The van der Waals surface area contributed by atoms with E-state index in [0.29, 0.717) is 12.8 Å². The zero-order valence-corrected chi connectivity index (χ0v) is 23.8. The van der Waals surface area contributed by atoms with Crippen LogP contribution in [0.25, 0.3) is 0 Å². The molecule has 0 fully saturated rings. The van der Waals surface area contributed by atoms with E-state index in [-0.39, 0.29) is 12.5 Å². The molecular formula is C27H45BrNO5P. The van der Waals surface area contributed by atoms with Crippen molar-refractivity contribution in [3.05, 3.63) is 46.5 Å². The highest BCUT2D eigenvalue weighted by Gasteiger charge is 2.20. The number of phosphoric ester groups is 1. The largest absolute Gasteiger partial charge is 0.469 e. The molecule has 0 aromatic heterocycles. The van der Waals surface area contributed by atoms with Crippen molar-refractivity contribution < 1.29 is 23.7 Å². The lowest BCUT2D eigenvalue weighted by molar-refractivity contribution is -0.122. The van der Waals surface area contributed by atoms with Crippen LogP contribution in [0, 0.1) is 0 Å². The highest BCUT2D eigenvalue weighted by molar-refractivity contribution is 9.10. The van der Waals surface area contributed by atoms with Gasteiger partial charge < -0.3 is 15.1 Å². The van der Waals surface area contributed by atoms with Gasteiger partial charge in [0.15, 0.2) is 0 Å². The Labute approximate surface area is 220 Å². The van der Waals surface area contributed by atoms with E-state index in [1.54, 1.807) is 0 Å². The first-order valence-corrected chi connectivity index (χ1v) is 15.5. The average molecular weight is 575 g/mol. The quantitative estimate of drug-likeness (QED) is 0.0798. The van der Waals surface area contributed by atoms with Gasteiger partial charge in [-0.15, -0.1) is 0 Å². The molecule has 1 aromatic rings. The number of hydrogen-bond donors (Lipinski definition) is 3. The third kappa shape index (κ3) is 19.8. The molecule has 0 bridgehead atoms. The van der Waals surface area contributed by atoms with Crippen LogP contribution in [-0.4, -0.2) is 28.3 Å². The van der Waals surface area contributed by atoms with Gasteiger partial charge in [-0.1, -0.05) is 98.5 Å². The summed E-state index contributed by atoms with van der Waals surface area (Å²) in [7, 11) is -4.59. The standard InChI is InChI=1S/C27H45BrNO5P/c1-2-3-4-5-6-7-8-9-10-11-12-13-14-15-16-17-27(30)29-26(23-34-35(31,32)33)22-24-18-20-25(28)21-19-24/h9-10,18-21,26H,2-8,11-17,22-23H2,1H3,(H,29,30)(H2,31,32,33)/b10-9-/t26-/m0/s1. The van der Waals surface area contributed by atoms with Gasteiger partial charge in [0, 0.05) is 10.9 Å². The third-order valence-electron chi connectivity index (χ3n) is 5.87. The van der Waals surface area contributed by atoms with E-state index in [1.807, 2.05) is 24.3 Å². The van der Waals surface area contributed by atoms with E-state index in [9.17, 15) is 9.36 Å². The molecule has 0 unspecified atom stereocenters. The van der Waals surface area contributed by atoms with Gasteiger partial charge in [-0.25, -0.2) is 4.57 Å². The molecular weight excluding hydrogens is 529 g/mol. The van der Waals surface area contributed by atoms with E-state index in [2.05, 4.69) is 44.8 Å². The van der Waals surface area contributed by atoms with Crippen LogP contribution >= 0.6 is 23.8 Å². The molecule has 0 aliphatic carbocycles. The fourth-order valence-corrected chi connectivity index (χ4v) is 4.54. The van der Waals surface area contributed by atoms with Crippen LogP contribution in [0.15, 0.2) is 40.9 Å². The highest BCUT2D eigenvalue weighted by atomic mass is 79.9. The maximum Gasteiger partial charge on any atom is 0.469 e. The second-order valence-electron chi connectivity index (χ2n) is 9.22. The van der Waals surface area contributed by atoms with Crippen LogP contribution in [0.2, 0.25) is 0 Å². The first-order chi connectivity index (χ1) is 16.8. The Balaban J connectivity index is 2.15. The fourth-order valence-electron chi connectivity index (χ4n) is 3.90. The second kappa shape index (κ2) is 20.1. The molecule has 8 heteroatoms. The molecule has 0 spiro atoms. The van der Waals surface area contributed by atoms with Gasteiger partial charge in [0.25, 0.3) is 0 Å². The lowest BCUT2D eigenvalue weighted by Crippen LogP contribution is -2.39. The van der Waals surface area contributed by atoms with Gasteiger partial charge in [-0.3, -0.25) is 9.32 Å². The number of carbonyl (C=O) groups excluding carboxylic acids is 1. The maximum atomic E-state index is 12.4. The number of allylic oxidation sites excluding steroid dienone is 2. The van der Waals surface area contributed by atoms with E-state index in [1.165, 1.54) is 57.8 Å². The SMILES string of the molecule is CCCCCCCC/C=C\CCCCCCCC(=O)N[C@H](COP(=O)(O)O)Cc1ccc(Br)cc1. The van der Waals surface area contributed by atoms with Gasteiger partial charge in [0.1, 0.15) is 0 Å². The predicted molar refractivity (Wildman–Crippen MR) is 147 cm³/mol. The zero-order chi connectivity index (χ0) is 25.8. The lowest BCUT2D eigenvalue weighted by Gasteiger charge is -2.19. The van der Waals surface area contributed by atoms with Crippen LogP contribution < -0.4 is 5.32 Å². The van der Waals surface area contributed by atoms with Crippen LogP contribution in [0.4, 0.5) is 0 Å². The first-order valence-electron chi connectivity index (χ1n) is 13.2. The summed E-state index contributed by atoms with van der Waals surface area (Å²) in [6, 6.07) is 7.10. The van der Waals surface area contributed by atoms with E-state index >= 15 is 0 Å². The molecule has 200 valence electrons. The third-order valence-corrected chi connectivity index (χ3v) is 6.88. The average Bonchev–Trinajstić information content (AvgIpc) is 2.81. The molecule has 1 rings (SSSR count). The van der Waals surface area contributed by atoms with Crippen LogP contribution in [-0.2, 0) is 20.3 Å². The molecule has 0 radical (unpaired) electrons. The number of hydrogen-bond acceptors (Lipinski definition) is 3. The Kier molecular flexibility index (Phi) is 18.4. The van der Waals surface area contributed by atoms with Crippen molar-refractivity contribution in [2.45, 2.75) is 109 Å². The minimum absolute atomic E-state index is 0.112. The molecule has 1 atom stereocenters. The zero-order valence-electron chi connectivity index (χ0n) is 21.3. The van der Waals surface area contributed by atoms with Gasteiger partial charge >= 0.3 is 7.82 Å². The summed E-state index contributed by atoms with van der Waals surface area (Å²) >= 11 is 3.38. The summed E-state index contributed by atoms with van der Waals surface area (Å²) in [5.74, 6) is -0.112. The Morgan fingerprint density at radius 2 is 1.49 bits per heavy atom. The van der Waals surface area contributed by atoms with E-state index in [4.69, 9.17) is 9.79 Å². The Hall–Kier alpha value is -0.980. The van der Waals surface area contributed by atoms with Crippen molar-refractivity contribution in [3.8, 4) is 0 Å². The summed E-state index contributed by atoms with van der Waals surface area (Å²) in [5.41, 5.74) is 0.953. The monoisotopic (exact) mass is 573 g/mol. The molecule has 0 aliphatic rings. The summed E-state index contributed by atoms with van der Waals surface area (Å²) in [5, 5.41) is 2.87. The molecule has 3 N–H and O–H groups in total. The number of carbonyl (C=O) groups is 1.